The summed E-state index contributed by atoms with van der Waals surface area (Å²) in [6, 6.07) is 0.504. The van der Waals surface area contributed by atoms with Crippen molar-refractivity contribution in [1.29, 1.82) is 0 Å². The van der Waals surface area contributed by atoms with Gasteiger partial charge in [-0.1, -0.05) is 26.7 Å². The molecular weight excluding hydrogens is 313 g/mol. The Bertz CT molecular complexity index is 191. The molecule has 0 rings (SSSR count). The first-order chi connectivity index (χ1) is 6.97. The number of hydrogen-bond acceptors (Lipinski definition) is 1. The summed E-state index contributed by atoms with van der Waals surface area (Å²) in [5.41, 5.74) is 0. The second-order valence-electron chi connectivity index (χ2n) is 4.81. The monoisotopic (exact) mass is 341 g/mol. The first-order valence-electron chi connectivity index (χ1n) is 5.88. The molecule has 0 aliphatic heterocycles. The Labute approximate surface area is 118 Å². The lowest BCUT2D eigenvalue weighted by molar-refractivity contribution is 0.477. The lowest BCUT2D eigenvalue weighted by Gasteiger charge is -2.21. The molecular formula is C12H28IN3. The number of nitrogens with one attached hydrogen (secondary N) is 1. The zero-order chi connectivity index (χ0) is 11.8. The van der Waals surface area contributed by atoms with Gasteiger partial charge in [0, 0.05) is 27.2 Å². The molecule has 0 heterocycles. The van der Waals surface area contributed by atoms with Crippen molar-refractivity contribution in [2.24, 2.45) is 10.9 Å². The first kappa shape index (κ1) is 18.4. The summed E-state index contributed by atoms with van der Waals surface area (Å²) in [6.07, 6.45) is 3.81. The van der Waals surface area contributed by atoms with Gasteiger partial charge in [0.15, 0.2) is 5.96 Å². The molecule has 98 valence electrons. The molecule has 0 aromatic heterocycles. The summed E-state index contributed by atoms with van der Waals surface area (Å²) in [5, 5.41) is 3.42. The van der Waals surface area contributed by atoms with Crippen molar-refractivity contribution in [3.05, 3.63) is 0 Å². The standard InChI is InChI=1S/C12H27N3.HI/c1-10(2)8-7-9-11(3)14-12(13-4)15(5)6;/h10-11H,7-9H2,1-6H3,(H,13,14);1H. The average molecular weight is 341 g/mol. The highest BCUT2D eigenvalue weighted by Gasteiger charge is 2.06. The fraction of sp³-hybridized carbons (Fsp3) is 0.917. The second-order valence-corrected chi connectivity index (χ2v) is 4.81. The number of halogens is 1. The van der Waals surface area contributed by atoms with Gasteiger partial charge in [0.25, 0.3) is 0 Å². The van der Waals surface area contributed by atoms with Crippen molar-refractivity contribution in [1.82, 2.24) is 10.2 Å². The van der Waals surface area contributed by atoms with E-state index >= 15 is 0 Å². The van der Waals surface area contributed by atoms with Crippen LogP contribution in [0, 0.1) is 5.92 Å². The molecule has 1 N–H and O–H groups in total. The fourth-order valence-electron chi connectivity index (χ4n) is 1.52. The maximum Gasteiger partial charge on any atom is 0.193 e. The maximum absolute atomic E-state index is 4.20. The molecule has 0 spiro atoms. The van der Waals surface area contributed by atoms with Crippen LogP contribution in [0.15, 0.2) is 4.99 Å². The van der Waals surface area contributed by atoms with Crippen LogP contribution in [0.4, 0.5) is 0 Å². The Kier molecular flexibility index (Phi) is 11.7. The van der Waals surface area contributed by atoms with Gasteiger partial charge in [0.2, 0.25) is 0 Å². The molecule has 1 unspecified atom stereocenters. The molecule has 0 bridgehead atoms. The second kappa shape index (κ2) is 10.2. The molecule has 0 saturated carbocycles. The molecule has 0 aromatic rings. The molecule has 3 nitrogen and oxygen atoms in total. The van der Waals surface area contributed by atoms with Crippen molar-refractivity contribution in [2.45, 2.75) is 46.1 Å². The van der Waals surface area contributed by atoms with Crippen molar-refractivity contribution >= 4 is 29.9 Å². The van der Waals surface area contributed by atoms with E-state index < -0.39 is 0 Å². The Balaban J connectivity index is 0. The largest absolute Gasteiger partial charge is 0.354 e. The summed E-state index contributed by atoms with van der Waals surface area (Å²) in [6.45, 7) is 6.77. The minimum atomic E-state index is 0. The van der Waals surface area contributed by atoms with Gasteiger partial charge in [0.1, 0.15) is 0 Å². The average Bonchev–Trinajstić information content (AvgIpc) is 2.13. The Hall–Kier alpha value is 0. The summed E-state index contributed by atoms with van der Waals surface area (Å²) < 4.78 is 0. The normalized spacial score (nSPS) is 13.3. The molecule has 0 amide bonds. The van der Waals surface area contributed by atoms with E-state index in [1.807, 2.05) is 26.0 Å². The van der Waals surface area contributed by atoms with Crippen LogP contribution in [-0.2, 0) is 0 Å². The Morgan fingerprint density at radius 3 is 2.12 bits per heavy atom. The van der Waals surface area contributed by atoms with E-state index in [4.69, 9.17) is 0 Å². The van der Waals surface area contributed by atoms with E-state index in [9.17, 15) is 0 Å². The third-order valence-electron chi connectivity index (χ3n) is 2.43. The van der Waals surface area contributed by atoms with E-state index in [1.54, 1.807) is 0 Å². The van der Waals surface area contributed by atoms with Gasteiger partial charge in [-0.2, -0.15) is 0 Å². The molecule has 0 aromatic carbocycles. The van der Waals surface area contributed by atoms with Crippen LogP contribution in [0.25, 0.3) is 0 Å². The van der Waals surface area contributed by atoms with Crippen molar-refractivity contribution in [3.8, 4) is 0 Å². The van der Waals surface area contributed by atoms with Crippen LogP contribution >= 0.6 is 24.0 Å². The van der Waals surface area contributed by atoms with E-state index in [1.165, 1.54) is 19.3 Å². The van der Waals surface area contributed by atoms with Crippen LogP contribution in [0.2, 0.25) is 0 Å². The van der Waals surface area contributed by atoms with Crippen molar-refractivity contribution in [2.75, 3.05) is 21.1 Å². The number of rotatable bonds is 5. The van der Waals surface area contributed by atoms with Crippen molar-refractivity contribution in [3.63, 3.8) is 0 Å². The summed E-state index contributed by atoms with van der Waals surface area (Å²) in [5.74, 6) is 1.78. The van der Waals surface area contributed by atoms with Gasteiger partial charge in [0.05, 0.1) is 0 Å². The van der Waals surface area contributed by atoms with Crippen LogP contribution in [0.3, 0.4) is 0 Å². The number of nitrogens with zero attached hydrogens (tertiary/aromatic N) is 2. The van der Waals surface area contributed by atoms with Gasteiger partial charge in [-0.15, -0.1) is 24.0 Å². The smallest absolute Gasteiger partial charge is 0.193 e. The Morgan fingerprint density at radius 1 is 1.19 bits per heavy atom. The molecule has 0 fully saturated rings. The molecule has 0 saturated heterocycles. The summed E-state index contributed by atoms with van der Waals surface area (Å²) >= 11 is 0. The minimum Gasteiger partial charge on any atom is -0.354 e. The van der Waals surface area contributed by atoms with Crippen LogP contribution in [0.5, 0.6) is 0 Å². The highest BCUT2D eigenvalue weighted by molar-refractivity contribution is 14.0. The van der Waals surface area contributed by atoms with Gasteiger partial charge in [-0.25, -0.2) is 0 Å². The summed E-state index contributed by atoms with van der Waals surface area (Å²) in [4.78, 5) is 6.22. The predicted octanol–water partition coefficient (Wildman–Crippen LogP) is 2.96. The molecule has 0 radical (unpaired) electrons. The van der Waals surface area contributed by atoms with Crippen LogP contribution in [0.1, 0.15) is 40.0 Å². The first-order valence-corrected chi connectivity index (χ1v) is 5.88. The Morgan fingerprint density at radius 2 is 1.75 bits per heavy atom. The highest BCUT2D eigenvalue weighted by Crippen LogP contribution is 2.08. The third-order valence-corrected chi connectivity index (χ3v) is 2.43. The fourth-order valence-corrected chi connectivity index (χ4v) is 1.52. The zero-order valence-electron chi connectivity index (χ0n) is 11.6. The van der Waals surface area contributed by atoms with Gasteiger partial charge < -0.3 is 10.2 Å². The lowest BCUT2D eigenvalue weighted by Crippen LogP contribution is -2.41. The van der Waals surface area contributed by atoms with E-state index in [-0.39, 0.29) is 24.0 Å². The quantitative estimate of drug-likeness (QED) is 0.473. The zero-order valence-corrected chi connectivity index (χ0v) is 13.9. The molecule has 0 aliphatic rings. The summed E-state index contributed by atoms with van der Waals surface area (Å²) in [7, 11) is 5.84. The topological polar surface area (TPSA) is 27.6 Å². The highest BCUT2D eigenvalue weighted by atomic mass is 127. The maximum atomic E-state index is 4.20. The van der Waals surface area contributed by atoms with Gasteiger partial charge >= 0.3 is 0 Å². The molecule has 4 heteroatoms. The van der Waals surface area contributed by atoms with Crippen LogP contribution < -0.4 is 5.32 Å². The van der Waals surface area contributed by atoms with Gasteiger partial charge in [-0.05, 0) is 19.3 Å². The van der Waals surface area contributed by atoms with E-state index in [0.717, 1.165) is 11.9 Å². The van der Waals surface area contributed by atoms with Crippen molar-refractivity contribution < 1.29 is 0 Å². The van der Waals surface area contributed by atoms with E-state index in [0.29, 0.717) is 6.04 Å². The number of aliphatic imine (C=N–C) groups is 1. The lowest BCUT2D eigenvalue weighted by atomic mass is 10.0. The molecule has 16 heavy (non-hydrogen) atoms. The SMILES string of the molecule is CN=C(NC(C)CCCC(C)C)N(C)C.I. The number of guanidine groups is 1. The van der Waals surface area contributed by atoms with Gasteiger partial charge in [-0.3, -0.25) is 4.99 Å². The number of hydrogen-bond donors (Lipinski definition) is 1. The molecule has 1 atom stereocenters. The predicted molar refractivity (Wildman–Crippen MR) is 83.7 cm³/mol. The van der Waals surface area contributed by atoms with Crippen LogP contribution in [-0.4, -0.2) is 38.0 Å². The third kappa shape index (κ3) is 9.24. The van der Waals surface area contributed by atoms with E-state index in [2.05, 4.69) is 31.1 Å². The molecule has 0 aliphatic carbocycles. The minimum absolute atomic E-state index is 0.